The molecule has 0 saturated heterocycles. The van der Waals surface area contributed by atoms with Crippen LogP contribution in [0.5, 0.6) is 0 Å². The Morgan fingerprint density at radius 2 is 2.06 bits per heavy atom. The average molecular weight is 221 g/mol. The van der Waals surface area contributed by atoms with Crippen molar-refractivity contribution in [3.63, 3.8) is 0 Å². The summed E-state index contributed by atoms with van der Waals surface area (Å²) in [5, 5.41) is 8.76. The Bertz CT molecular complexity index is 374. The summed E-state index contributed by atoms with van der Waals surface area (Å²) in [4.78, 5) is 13.3. The molecule has 88 valence electrons. The quantitative estimate of drug-likeness (QED) is 0.832. The van der Waals surface area contributed by atoms with Crippen LogP contribution in [0.2, 0.25) is 0 Å². The third kappa shape index (κ3) is 3.35. The van der Waals surface area contributed by atoms with Crippen molar-refractivity contribution in [2.45, 2.75) is 20.3 Å². The average Bonchev–Trinajstić information content (AvgIpc) is 2.23. The fourth-order valence-electron chi connectivity index (χ4n) is 1.56. The van der Waals surface area contributed by atoms with Gasteiger partial charge in [0.15, 0.2) is 0 Å². The molecular formula is C13H19NO2. The van der Waals surface area contributed by atoms with Gasteiger partial charge in [0.1, 0.15) is 0 Å². The van der Waals surface area contributed by atoms with Gasteiger partial charge in [-0.15, -0.1) is 0 Å². The molecule has 0 unspecified atom stereocenters. The lowest BCUT2D eigenvalue weighted by atomic mass is 10.0. The Balaban J connectivity index is 2.72. The summed E-state index contributed by atoms with van der Waals surface area (Å²) in [6, 6.07) is 6.12. The molecule has 16 heavy (non-hydrogen) atoms. The first kappa shape index (κ1) is 12.7. The van der Waals surface area contributed by atoms with E-state index in [9.17, 15) is 4.79 Å². The number of likely N-dealkylation sites (N-methyl/N-ethyl adjacent to an activating group) is 1. The summed E-state index contributed by atoms with van der Waals surface area (Å²) < 4.78 is 0. The highest BCUT2D eigenvalue weighted by Gasteiger charge is 2.10. The molecule has 0 radical (unpaired) electrons. The molecule has 0 aliphatic carbocycles. The van der Waals surface area contributed by atoms with E-state index in [-0.39, 0.29) is 12.5 Å². The van der Waals surface area contributed by atoms with Crippen molar-refractivity contribution in [3.8, 4) is 0 Å². The lowest BCUT2D eigenvalue weighted by molar-refractivity contribution is -0.129. The molecule has 1 aromatic carbocycles. The highest BCUT2D eigenvalue weighted by Crippen LogP contribution is 2.12. The molecule has 1 amide bonds. The molecule has 3 nitrogen and oxygen atoms in total. The Morgan fingerprint density at radius 3 is 2.69 bits per heavy atom. The summed E-state index contributed by atoms with van der Waals surface area (Å²) in [6.07, 6.45) is 0.407. The summed E-state index contributed by atoms with van der Waals surface area (Å²) in [6.45, 7) is 4.43. The first-order chi connectivity index (χ1) is 7.54. The maximum Gasteiger partial charge on any atom is 0.226 e. The topological polar surface area (TPSA) is 40.5 Å². The van der Waals surface area contributed by atoms with Crippen LogP contribution in [0.3, 0.4) is 0 Å². The fourth-order valence-corrected chi connectivity index (χ4v) is 1.56. The summed E-state index contributed by atoms with van der Waals surface area (Å²) in [7, 11) is 1.71. The molecule has 0 heterocycles. The smallest absolute Gasteiger partial charge is 0.226 e. The van der Waals surface area contributed by atoms with Crippen LogP contribution >= 0.6 is 0 Å². The third-order valence-corrected chi connectivity index (χ3v) is 2.71. The van der Waals surface area contributed by atoms with E-state index in [2.05, 4.69) is 0 Å². The number of aliphatic hydroxyl groups excluding tert-OH is 1. The van der Waals surface area contributed by atoms with E-state index in [4.69, 9.17) is 5.11 Å². The van der Waals surface area contributed by atoms with Crippen LogP contribution in [-0.4, -0.2) is 36.1 Å². The van der Waals surface area contributed by atoms with Gasteiger partial charge < -0.3 is 10.0 Å². The van der Waals surface area contributed by atoms with Gasteiger partial charge in [0, 0.05) is 13.6 Å². The molecule has 0 atom stereocenters. The van der Waals surface area contributed by atoms with Crippen LogP contribution in [0.1, 0.15) is 16.7 Å². The van der Waals surface area contributed by atoms with Gasteiger partial charge in [-0.2, -0.15) is 0 Å². The van der Waals surface area contributed by atoms with Crippen molar-refractivity contribution in [2.75, 3.05) is 20.2 Å². The number of aliphatic hydroxyl groups is 1. The number of benzene rings is 1. The maximum atomic E-state index is 11.8. The second-order valence-corrected chi connectivity index (χ2v) is 4.15. The Hall–Kier alpha value is -1.35. The van der Waals surface area contributed by atoms with E-state index >= 15 is 0 Å². The van der Waals surface area contributed by atoms with Crippen molar-refractivity contribution in [3.05, 3.63) is 34.9 Å². The number of rotatable bonds is 4. The zero-order valence-corrected chi connectivity index (χ0v) is 10.2. The van der Waals surface area contributed by atoms with Gasteiger partial charge in [0.25, 0.3) is 0 Å². The summed E-state index contributed by atoms with van der Waals surface area (Å²) in [5.74, 6) is 0.0442. The predicted molar refractivity (Wildman–Crippen MR) is 64.3 cm³/mol. The Kier molecular flexibility index (Phi) is 4.50. The minimum absolute atomic E-state index is 0.00897. The van der Waals surface area contributed by atoms with Crippen LogP contribution in [0.4, 0.5) is 0 Å². The third-order valence-electron chi connectivity index (χ3n) is 2.71. The van der Waals surface area contributed by atoms with E-state index in [1.807, 2.05) is 32.0 Å². The first-order valence-corrected chi connectivity index (χ1v) is 5.45. The van der Waals surface area contributed by atoms with Crippen molar-refractivity contribution in [1.29, 1.82) is 0 Å². The summed E-state index contributed by atoms with van der Waals surface area (Å²) in [5.41, 5.74) is 3.37. The molecule has 0 fully saturated rings. The molecule has 1 N–H and O–H groups in total. The molecular weight excluding hydrogens is 202 g/mol. The minimum atomic E-state index is 0.00897. The number of hydrogen-bond acceptors (Lipinski definition) is 2. The van der Waals surface area contributed by atoms with Gasteiger partial charge >= 0.3 is 0 Å². The van der Waals surface area contributed by atoms with Crippen molar-refractivity contribution < 1.29 is 9.90 Å². The number of aryl methyl sites for hydroxylation is 2. The number of nitrogens with zero attached hydrogens (tertiary/aromatic N) is 1. The SMILES string of the molecule is Cc1ccc(C)c(CC(=O)N(C)CCO)c1. The number of carbonyl (C=O) groups is 1. The van der Waals surface area contributed by atoms with Gasteiger partial charge in [-0.3, -0.25) is 4.79 Å². The number of carbonyl (C=O) groups excluding carboxylic acids is 1. The highest BCUT2D eigenvalue weighted by molar-refractivity contribution is 5.78. The van der Waals surface area contributed by atoms with E-state index in [1.165, 1.54) is 5.56 Å². The molecule has 1 aromatic rings. The molecule has 0 aromatic heterocycles. The normalized spacial score (nSPS) is 10.2. The highest BCUT2D eigenvalue weighted by atomic mass is 16.3. The molecule has 1 rings (SSSR count). The van der Waals surface area contributed by atoms with E-state index < -0.39 is 0 Å². The molecule has 0 saturated carbocycles. The maximum absolute atomic E-state index is 11.8. The monoisotopic (exact) mass is 221 g/mol. The van der Waals surface area contributed by atoms with Crippen LogP contribution in [0.15, 0.2) is 18.2 Å². The van der Waals surface area contributed by atoms with Crippen LogP contribution < -0.4 is 0 Å². The van der Waals surface area contributed by atoms with Gasteiger partial charge in [-0.25, -0.2) is 0 Å². The van der Waals surface area contributed by atoms with Gasteiger partial charge in [0.2, 0.25) is 5.91 Å². The van der Waals surface area contributed by atoms with E-state index in [0.717, 1.165) is 11.1 Å². The largest absolute Gasteiger partial charge is 0.395 e. The van der Waals surface area contributed by atoms with Crippen molar-refractivity contribution in [1.82, 2.24) is 4.90 Å². The van der Waals surface area contributed by atoms with E-state index in [0.29, 0.717) is 13.0 Å². The molecule has 0 aliphatic heterocycles. The first-order valence-electron chi connectivity index (χ1n) is 5.45. The Labute approximate surface area is 96.7 Å². The van der Waals surface area contributed by atoms with Gasteiger partial charge in [-0.1, -0.05) is 23.8 Å². The van der Waals surface area contributed by atoms with Gasteiger partial charge in [-0.05, 0) is 25.0 Å². The minimum Gasteiger partial charge on any atom is -0.395 e. The molecule has 0 bridgehead atoms. The molecule has 0 spiro atoms. The van der Waals surface area contributed by atoms with E-state index in [1.54, 1.807) is 11.9 Å². The zero-order chi connectivity index (χ0) is 12.1. The predicted octanol–water partition coefficient (Wildman–Crippen LogP) is 1.30. The number of amides is 1. The summed E-state index contributed by atoms with van der Waals surface area (Å²) >= 11 is 0. The number of hydrogen-bond donors (Lipinski definition) is 1. The fraction of sp³-hybridized carbons (Fsp3) is 0.462. The Morgan fingerprint density at radius 1 is 1.38 bits per heavy atom. The van der Waals surface area contributed by atoms with Gasteiger partial charge in [0.05, 0.1) is 13.0 Å². The molecule has 0 aliphatic rings. The zero-order valence-electron chi connectivity index (χ0n) is 10.2. The lowest BCUT2D eigenvalue weighted by Gasteiger charge is -2.16. The standard InChI is InChI=1S/C13H19NO2/c1-10-4-5-11(2)12(8-10)9-13(16)14(3)6-7-15/h4-5,8,15H,6-7,9H2,1-3H3. The second-order valence-electron chi connectivity index (χ2n) is 4.15. The second kappa shape index (κ2) is 5.66. The van der Waals surface area contributed by atoms with Crippen LogP contribution in [-0.2, 0) is 11.2 Å². The molecule has 3 heteroatoms. The van der Waals surface area contributed by atoms with Crippen LogP contribution in [0, 0.1) is 13.8 Å². The van der Waals surface area contributed by atoms with Crippen molar-refractivity contribution >= 4 is 5.91 Å². The van der Waals surface area contributed by atoms with Crippen molar-refractivity contribution in [2.24, 2.45) is 0 Å². The van der Waals surface area contributed by atoms with Crippen LogP contribution in [0.25, 0.3) is 0 Å². The lowest BCUT2D eigenvalue weighted by Crippen LogP contribution is -2.30.